The largest absolute Gasteiger partial charge is 0.473 e. The van der Waals surface area contributed by atoms with Gasteiger partial charge in [-0.15, -0.1) is 13.2 Å². The first kappa shape index (κ1) is 33.1. The normalized spacial score (nSPS) is 13.9. The predicted molar refractivity (Wildman–Crippen MR) is 174 cm³/mol. The summed E-state index contributed by atoms with van der Waals surface area (Å²) in [5.74, 6) is 2.12. The van der Waals surface area contributed by atoms with Crippen LogP contribution in [0.25, 0.3) is 11.1 Å². The fraction of sp³-hybridized carbons (Fsp3) is 0.361. The molecule has 7 heteroatoms. The molecule has 1 saturated heterocycles. The van der Waals surface area contributed by atoms with Crippen LogP contribution in [0.5, 0.6) is 11.8 Å². The number of hydrogen-bond donors (Lipinski definition) is 0. The number of piperidine rings is 1. The Kier molecular flexibility index (Phi) is 12.6. The molecule has 3 heterocycles. The highest BCUT2D eigenvalue weighted by Crippen LogP contribution is 2.32. The van der Waals surface area contributed by atoms with E-state index in [0.717, 1.165) is 54.0 Å². The van der Waals surface area contributed by atoms with Gasteiger partial charge in [0.1, 0.15) is 24.6 Å². The highest BCUT2D eigenvalue weighted by Gasteiger charge is 2.25. The first-order valence-electron chi connectivity index (χ1n) is 14.8. The highest BCUT2D eigenvalue weighted by molar-refractivity contribution is 5.70. The molecule has 0 N–H and O–H groups in total. The average molecular weight is 584 g/mol. The minimum Gasteiger partial charge on any atom is -0.473 e. The van der Waals surface area contributed by atoms with E-state index in [4.69, 9.17) is 19.2 Å². The van der Waals surface area contributed by atoms with Crippen LogP contribution in [0.1, 0.15) is 52.5 Å². The molecule has 43 heavy (non-hydrogen) atoms. The molecule has 0 radical (unpaired) electrons. The topological polar surface area (TPSA) is 73.8 Å². The molecule has 0 bridgehead atoms. The maximum atomic E-state index is 12.2. The van der Waals surface area contributed by atoms with Crippen molar-refractivity contribution in [1.82, 2.24) is 9.97 Å². The summed E-state index contributed by atoms with van der Waals surface area (Å²) >= 11 is 0. The van der Waals surface area contributed by atoms with E-state index in [1.54, 1.807) is 6.08 Å². The predicted octanol–water partition coefficient (Wildman–Crippen LogP) is 7.98. The van der Waals surface area contributed by atoms with Crippen molar-refractivity contribution in [2.24, 2.45) is 5.92 Å². The lowest BCUT2D eigenvalue weighted by Crippen LogP contribution is -2.35. The standard InChI is InChI=1S/C34H41N3O4.C2H4/c1-6-25(7-2)23-39-31-16-14-29(33(36-31)40-24-27-11-9-8-10-12-27)28-13-15-30(35-22-28)37-19-17-26(18-20-37)21-32(38)41-34(3,4)5;1-2/h6-16,22,26H,1,17-21,23-24H2,2-5H3;1-2H2/b25-7+;. The average Bonchev–Trinajstić information content (AvgIpc) is 3.02. The molecular formula is C36H45N3O4. The van der Waals surface area contributed by atoms with Gasteiger partial charge >= 0.3 is 5.97 Å². The van der Waals surface area contributed by atoms with Crippen LogP contribution in [0, 0.1) is 5.92 Å². The number of benzene rings is 1. The van der Waals surface area contributed by atoms with Crippen molar-refractivity contribution in [2.75, 3.05) is 24.6 Å². The molecule has 0 aliphatic carbocycles. The minimum atomic E-state index is -0.444. The van der Waals surface area contributed by atoms with Crippen molar-refractivity contribution in [2.45, 2.75) is 59.2 Å². The first-order valence-corrected chi connectivity index (χ1v) is 14.8. The molecule has 0 atom stereocenters. The molecule has 0 spiro atoms. The number of nitrogens with zero attached hydrogens (tertiary/aromatic N) is 3. The summed E-state index contributed by atoms with van der Waals surface area (Å²) in [4.78, 5) is 24.0. The van der Waals surface area contributed by atoms with Gasteiger partial charge in [-0.3, -0.25) is 4.79 Å². The van der Waals surface area contributed by atoms with Gasteiger partial charge in [0.15, 0.2) is 0 Å². The van der Waals surface area contributed by atoms with E-state index in [0.29, 0.717) is 37.3 Å². The molecule has 1 aliphatic rings. The van der Waals surface area contributed by atoms with Gasteiger partial charge in [0.25, 0.3) is 0 Å². The Morgan fingerprint density at radius 2 is 1.74 bits per heavy atom. The molecule has 4 rings (SSSR count). The number of anilines is 1. The lowest BCUT2D eigenvalue weighted by molar-refractivity contribution is -0.156. The molecule has 0 amide bonds. The van der Waals surface area contributed by atoms with Gasteiger partial charge in [0.05, 0.1) is 0 Å². The van der Waals surface area contributed by atoms with Crippen molar-refractivity contribution in [3.05, 3.63) is 104 Å². The van der Waals surface area contributed by atoms with Crippen molar-refractivity contribution >= 4 is 11.8 Å². The lowest BCUT2D eigenvalue weighted by atomic mass is 9.93. The molecule has 0 saturated carbocycles. The maximum absolute atomic E-state index is 12.2. The Morgan fingerprint density at radius 3 is 2.35 bits per heavy atom. The third-order valence-electron chi connectivity index (χ3n) is 6.95. The fourth-order valence-corrected chi connectivity index (χ4v) is 4.69. The summed E-state index contributed by atoms with van der Waals surface area (Å²) < 4.78 is 17.6. The van der Waals surface area contributed by atoms with Crippen molar-refractivity contribution in [3.63, 3.8) is 0 Å². The first-order chi connectivity index (χ1) is 20.7. The van der Waals surface area contributed by atoms with Gasteiger partial charge < -0.3 is 19.1 Å². The number of allylic oxidation sites excluding steroid dienone is 1. The Bertz CT molecular complexity index is 1340. The molecule has 3 aromatic rings. The van der Waals surface area contributed by atoms with Crippen LogP contribution in [0.2, 0.25) is 0 Å². The number of aromatic nitrogens is 2. The summed E-state index contributed by atoms with van der Waals surface area (Å²) in [6, 6.07) is 17.9. The number of carbonyl (C=O) groups excluding carboxylic acids is 1. The Labute approximate surface area is 256 Å². The van der Waals surface area contributed by atoms with Crippen LogP contribution in [-0.4, -0.2) is 41.2 Å². The maximum Gasteiger partial charge on any atom is 0.306 e. The van der Waals surface area contributed by atoms with E-state index in [-0.39, 0.29) is 5.97 Å². The van der Waals surface area contributed by atoms with Crippen molar-refractivity contribution < 1.29 is 19.0 Å². The third-order valence-corrected chi connectivity index (χ3v) is 6.95. The number of rotatable bonds is 11. The molecule has 228 valence electrons. The monoisotopic (exact) mass is 583 g/mol. The second-order valence-electron chi connectivity index (χ2n) is 11.3. The van der Waals surface area contributed by atoms with E-state index in [1.165, 1.54) is 0 Å². The fourth-order valence-electron chi connectivity index (χ4n) is 4.69. The minimum absolute atomic E-state index is 0.114. The molecule has 1 aliphatic heterocycles. The molecular weight excluding hydrogens is 538 g/mol. The zero-order valence-electron chi connectivity index (χ0n) is 26.1. The van der Waals surface area contributed by atoms with Crippen LogP contribution in [0.4, 0.5) is 5.82 Å². The number of esters is 1. The number of ether oxygens (including phenoxy) is 3. The van der Waals surface area contributed by atoms with Crippen LogP contribution in [0.15, 0.2) is 98.3 Å². The van der Waals surface area contributed by atoms with Crippen LogP contribution in [-0.2, 0) is 16.1 Å². The van der Waals surface area contributed by atoms with Gasteiger partial charge in [0, 0.05) is 42.9 Å². The summed E-state index contributed by atoms with van der Waals surface area (Å²) in [5, 5.41) is 0. The van der Waals surface area contributed by atoms with Gasteiger partial charge in [0.2, 0.25) is 11.8 Å². The number of hydrogen-bond acceptors (Lipinski definition) is 7. The summed E-state index contributed by atoms with van der Waals surface area (Å²) in [6.45, 7) is 20.0. The molecule has 0 unspecified atom stereocenters. The van der Waals surface area contributed by atoms with Gasteiger partial charge in [-0.1, -0.05) is 49.1 Å². The Morgan fingerprint density at radius 1 is 1.02 bits per heavy atom. The molecule has 2 aromatic heterocycles. The molecule has 7 nitrogen and oxygen atoms in total. The van der Waals surface area contributed by atoms with Crippen LogP contribution >= 0.6 is 0 Å². The molecule has 1 aromatic carbocycles. The number of pyridine rings is 2. The second kappa shape index (κ2) is 16.3. The summed E-state index contributed by atoms with van der Waals surface area (Å²) in [6.07, 6.45) is 7.95. The Hall–Kier alpha value is -4.39. The third kappa shape index (κ3) is 10.4. The Balaban J connectivity index is 0.00000248. The summed E-state index contributed by atoms with van der Waals surface area (Å²) in [5.41, 5.74) is 3.35. The van der Waals surface area contributed by atoms with Gasteiger partial charge in [-0.25, -0.2) is 4.98 Å². The summed E-state index contributed by atoms with van der Waals surface area (Å²) in [7, 11) is 0. The molecule has 1 fully saturated rings. The van der Waals surface area contributed by atoms with E-state index in [2.05, 4.69) is 35.7 Å². The zero-order valence-corrected chi connectivity index (χ0v) is 26.1. The van der Waals surface area contributed by atoms with E-state index in [1.807, 2.05) is 88.5 Å². The smallest absolute Gasteiger partial charge is 0.306 e. The van der Waals surface area contributed by atoms with Gasteiger partial charge in [-0.2, -0.15) is 4.98 Å². The van der Waals surface area contributed by atoms with Crippen molar-refractivity contribution in [3.8, 4) is 22.9 Å². The lowest BCUT2D eigenvalue weighted by Gasteiger charge is -2.33. The highest BCUT2D eigenvalue weighted by atomic mass is 16.6. The zero-order chi connectivity index (χ0) is 31.2. The second-order valence-corrected chi connectivity index (χ2v) is 11.3. The van der Waals surface area contributed by atoms with Crippen LogP contribution in [0.3, 0.4) is 0 Å². The SMILES string of the molecule is C=C.C=C/C(=C\C)COc1ccc(-c2ccc(N3CCC(CC(=O)OC(C)(C)C)CC3)nc2)c(OCc2ccccc2)n1. The van der Waals surface area contributed by atoms with E-state index < -0.39 is 5.60 Å². The van der Waals surface area contributed by atoms with E-state index >= 15 is 0 Å². The van der Waals surface area contributed by atoms with Crippen LogP contribution < -0.4 is 14.4 Å². The van der Waals surface area contributed by atoms with Crippen molar-refractivity contribution in [1.29, 1.82) is 0 Å². The van der Waals surface area contributed by atoms with E-state index in [9.17, 15) is 4.79 Å². The number of carbonyl (C=O) groups is 1. The quantitative estimate of drug-likeness (QED) is 0.129. The van der Waals surface area contributed by atoms with Gasteiger partial charge in [-0.05, 0) is 75.8 Å².